The minimum absolute atomic E-state index is 0.0260. The van der Waals surface area contributed by atoms with E-state index in [0.717, 1.165) is 50.5 Å². The molecule has 1 saturated heterocycles. The average Bonchev–Trinajstić information content (AvgIpc) is 2.89. The highest BCUT2D eigenvalue weighted by atomic mass is 35.5. The summed E-state index contributed by atoms with van der Waals surface area (Å²) in [4.78, 5) is 26.7. The summed E-state index contributed by atoms with van der Waals surface area (Å²) >= 11 is 12.9. The molecule has 0 bridgehead atoms. The van der Waals surface area contributed by atoms with Crippen molar-refractivity contribution in [2.24, 2.45) is 0 Å². The summed E-state index contributed by atoms with van der Waals surface area (Å²) in [7, 11) is 0. The van der Waals surface area contributed by atoms with Crippen LogP contribution in [0.4, 0.5) is 5.82 Å². The maximum atomic E-state index is 12.7. The Kier molecular flexibility index (Phi) is 9.75. The summed E-state index contributed by atoms with van der Waals surface area (Å²) in [5.74, 6) is 1.50. The predicted molar refractivity (Wildman–Crippen MR) is 146 cm³/mol. The van der Waals surface area contributed by atoms with Crippen molar-refractivity contribution >= 4 is 45.8 Å². The number of hydrogen-bond donors (Lipinski definition) is 1. The van der Waals surface area contributed by atoms with E-state index < -0.39 is 0 Å². The molecule has 3 aromatic rings. The molecule has 0 aliphatic carbocycles. The predicted octanol–water partition coefficient (Wildman–Crippen LogP) is 4.39. The number of fused-ring (bicyclic) bond motifs is 1. The van der Waals surface area contributed by atoms with Gasteiger partial charge in [0.2, 0.25) is 5.91 Å². The van der Waals surface area contributed by atoms with Crippen LogP contribution in [0.15, 0.2) is 42.5 Å². The Hall–Kier alpha value is -2.45. The zero-order valence-electron chi connectivity index (χ0n) is 20.7. The van der Waals surface area contributed by atoms with Gasteiger partial charge in [-0.05, 0) is 24.1 Å². The molecule has 9 heteroatoms. The van der Waals surface area contributed by atoms with E-state index in [0.29, 0.717) is 53.9 Å². The van der Waals surface area contributed by atoms with E-state index in [1.807, 2.05) is 31.2 Å². The number of amides is 1. The zero-order chi connectivity index (χ0) is 25.3. The van der Waals surface area contributed by atoms with Crippen molar-refractivity contribution in [3.05, 3.63) is 63.9 Å². The number of aromatic nitrogens is 2. The average molecular weight is 531 g/mol. The van der Waals surface area contributed by atoms with Gasteiger partial charge in [0.25, 0.3) is 0 Å². The number of nitrogens with zero attached hydrogens (tertiary/aromatic N) is 4. The maximum absolute atomic E-state index is 12.7. The first-order valence-corrected chi connectivity index (χ1v) is 13.3. The van der Waals surface area contributed by atoms with Crippen LogP contribution in [0.3, 0.4) is 0 Å². The number of nitrogens with one attached hydrogen (secondary N) is 1. The fourth-order valence-corrected chi connectivity index (χ4v) is 4.86. The lowest BCUT2D eigenvalue weighted by Crippen LogP contribution is -2.41. The summed E-state index contributed by atoms with van der Waals surface area (Å²) in [5.41, 5.74) is 1.91. The zero-order valence-corrected chi connectivity index (χ0v) is 22.2. The number of anilines is 1. The van der Waals surface area contributed by atoms with Gasteiger partial charge in [-0.25, -0.2) is 9.97 Å². The van der Waals surface area contributed by atoms with Gasteiger partial charge in [-0.3, -0.25) is 9.69 Å². The molecule has 1 fully saturated rings. The standard InChI is InChI=1S/C27H33Cl2N5O2/c1-2-24-31-26-22(18-21(28)19-23(26)29)27(32-24)34(11-8-20-6-4-3-5-7-20)12-9-25(35)30-10-13-33-14-16-36-17-15-33/h3-7,18-19H,2,8-17H2,1H3,(H,30,35). The van der Waals surface area contributed by atoms with Crippen LogP contribution in [0, 0.1) is 0 Å². The van der Waals surface area contributed by atoms with Crippen LogP contribution in [-0.2, 0) is 22.4 Å². The molecule has 0 saturated carbocycles. The summed E-state index contributed by atoms with van der Waals surface area (Å²) in [6, 6.07) is 13.9. The Morgan fingerprint density at radius 1 is 1.11 bits per heavy atom. The number of morpholine rings is 1. The van der Waals surface area contributed by atoms with Gasteiger partial charge in [-0.2, -0.15) is 0 Å². The molecular formula is C27H33Cl2N5O2. The molecule has 4 rings (SSSR count). The van der Waals surface area contributed by atoms with Crippen molar-refractivity contribution in [3.8, 4) is 0 Å². The summed E-state index contributed by atoms with van der Waals surface area (Å²) in [6.45, 7) is 8.04. The Labute approximate surface area is 222 Å². The number of benzene rings is 2. The number of rotatable bonds is 11. The van der Waals surface area contributed by atoms with Gasteiger partial charge < -0.3 is 15.0 Å². The Balaban J connectivity index is 1.50. The number of aryl methyl sites for hydroxylation is 1. The lowest BCUT2D eigenvalue weighted by molar-refractivity contribution is -0.121. The number of hydrogen-bond acceptors (Lipinski definition) is 6. The van der Waals surface area contributed by atoms with Crippen molar-refractivity contribution in [1.29, 1.82) is 0 Å². The molecule has 1 aliphatic heterocycles. The van der Waals surface area contributed by atoms with Gasteiger partial charge in [-0.15, -0.1) is 0 Å². The van der Waals surface area contributed by atoms with E-state index in [1.165, 1.54) is 5.56 Å². The van der Waals surface area contributed by atoms with E-state index in [4.69, 9.17) is 32.9 Å². The molecule has 192 valence electrons. The molecule has 0 atom stereocenters. The van der Waals surface area contributed by atoms with Crippen LogP contribution in [0.2, 0.25) is 10.0 Å². The largest absolute Gasteiger partial charge is 0.379 e. The minimum atomic E-state index is 0.0260. The fraction of sp³-hybridized carbons (Fsp3) is 0.444. The van der Waals surface area contributed by atoms with Crippen LogP contribution in [0.5, 0.6) is 0 Å². The molecule has 1 N–H and O–H groups in total. The van der Waals surface area contributed by atoms with Crippen molar-refractivity contribution < 1.29 is 9.53 Å². The third kappa shape index (κ3) is 7.29. The fourth-order valence-electron chi connectivity index (χ4n) is 4.32. The van der Waals surface area contributed by atoms with Crippen molar-refractivity contribution in [2.75, 3.05) is 57.4 Å². The lowest BCUT2D eigenvalue weighted by atomic mass is 10.1. The van der Waals surface area contributed by atoms with E-state index >= 15 is 0 Å². The molecule has 2 heterocycles. The summed E-state index contributed by atoms with van der Waals surface area (Å²) < 4.78 is 5.39. The highest BCUT2D eigenvalue weighted by molar-refractivity contribution is 6.38. The Morgan fingerprint density at radius 2 is 1.89 bits per heavy atom. The Bertz CT molecular complexity index is 1160. The number of carbonyl (C=O) groups excluding carboxylic acids is 1. The second-order valence-corrected chi connectivity index (χ2v) is 9.72. The molecule has 36 heavy (non-hydrogen) atoms. The van der Waals surface area contributed by atoms with Gasteiger partial charge in [0.05, 0.1) is 23.8 Å². The van der Waals surface area contributed by atoms with Crippen LogP contribution < -0.4 is 10.2 Å². The summed E-state index contributed by atoms with van der Waals surface area (Å²) in [6.07, 6.45) is 1.86. The highest BCUT2D eigenvalue weighted by Gasteiger charge is 2.18. The third-order valence-corrected chi connectivity index (χ3v) is 6.84. The topological polar surface area (TPSA) is 70.6 Å². The highest BCUT2D eigenvalue weighted by Crippen LogP contribution is 2.32. The Morgan fingerprint density at radius 3 is 2.64 bits per heavy atom. The lowest BCUT2D eigenvalue weighted by Gasteiger charge is -2.27. The molecule has 7 nitrogen and oxygen atoms in total. The second-order valence-electron chi connectivity index (χ2n) is 8.88. The first-order chi connectivity index (χ1) is 17.5. The molecular weight excluding hydrogens is 497 g/mol. The van der Waals surface area contributed by atoms with Crippen molar-refractivity contribution in [2.45, 2.75) is 26.2 Å². The SMILES string of the molecule is CCc1nc(N(CCC(=O)NCCN2CCOCC2)CCc2ccccc2)c2cc(Cl)cc(Cl)c2n1. The van der Waals surface area contributed by atoms with E-state index in [-0.39, 0.29) is 5.91 Å². The molecule has 0 radical (unpaired) electrons. The number of ether oxygens (including phenoxy) is 1. The smallest absolute Gasteiger partial charge is 0.221 e. The monoisotopic (exact) mass is 529 g/mol. The third-order valence-electron chi connectivity index (χ3n) is 6.34. The van der Waals surface area contributed by atoms with Gasteiger partial charge in [0, 0.05) is 62.5 Å². The number of halogens is 2. The van der Waals surface area contributed by atoms with E-state index in [2.05, 4.69) is 32.2 Å². The molecule has 0 unspecified atom stereocenters. The minimum Gasteiger partial charge on any atom is -0.379 e. The van der Waals surface area contributed by atoms with Crippen molar-refractivity contribution in [3.63, 3.8) is 0 Å². The molecule has 1 aromatic heterocycles. The molecule has 1 aliphatic rings. The normalized spacial score (nSPS) is 14.2. The molecule has 1 amide bonds. The van der Waals surface area contributed by atoms with E-state index in [9.17, 15) is 4.79 Å². The summed E-state index contributed by atoms with van der Waals surface area (Å²) in [5, 5.41) is 4.89. The van der Waals surface area contributed by atoms with Gasteiger partial charge in [-0.1, -0.05) is 60.5 Å². The van der Waals surface area contributed by atoms with E-state index in [1.54, 1.807) is 6.07 Å². The second kappa shape index (κ2) is 13.2. The quantitative estimate of drug-likeness (QED) is 0.397. The number of carbonyl (C=O) groups is 1. The first kappa shape index (κ1) is 26.6. The molecule has 2 aromatic carbocycles. The van der Waals surface area contributed by atoms with Gasteiger partial charge >= 0.3 is 0 Å². The van der Waals surface area contributed by atoms with Gasteiger partial charge in [0.15, 0.2) is 0 Å². The van der Waals surface area contributed by atoms with Crippen LogP contribution in [0.25, 0.3) is 10.9 Å². The van der Waals surface area contributed by atoms with Gasteiger partial charge in [0.1, 0.15) is 11.6 Å². The first-order valence-electron chi connectivity index (χ1n) is 12.5. The van der Waals surface area contributed by atoms with Crippen LogP contribution >= 0.6 is 23.2 Å². The molecule has 0 spiro atoms. The maximum Gasteiger partial charge on any atom is 0.221 e. The van der Waals surface area contributed by atoms with Crippen molar-refractivity contribution in [1.82, 2.24) is 20.2 Å². The van der Waals surface area contributed by atoms with Crippen LogP contribution in [-0.4, -0.2) is 73.3 Å². The van der Waals surface area contributed by atoms with Crippen LogP contribution in [0.1, 0.15) is 24.7 Å².